The number of hydrogen-bond acceptors (Lipinski definition) is 3. The highest BCUT2D eigenvalue weighted by Crippen LogP contribution is 2.17. The minimum Gasteiger partial charge on any atom is -0.352 e. The van der Waals surface area contributed by atoms with Crippen LogP contribution in [0.2, 0.25) is 0 Å². The average Bonchev–Trinajstić information content (AvgIpc) is 2.76. The zero-order valence-corrected chi connectivity index (χ0v) is 11.1. The first-order valence-electron chi connectivity index (χ1n) is 6.40. The third kappa shape index (κ3) is 6.38. The SMILES string of the molecule is CCSCCCNCC(=O)NC1CCCC1. The monoisotopic (exact) mass is 244 g/mol. The molecule has 1 aliphatic rings. The molecule has 0 aromatic rings. The maximum absolute atomic E-state index is 11.5. The minimum atomic E-state index is 0.162. The highest BCUT2D eigenvalue weighted by molar-refractivity contribution is 7.99. The summed E-state index contributed by atoms with van der Waals surface area (Å²) in [5.41, 5.74) is 0. The van der Waals surface area contributed by atoms with Gasteiger partial charge in [-0.05, 0) is 37.3 Å². The second-order valence-corrected chi connectivity index (χ2v) is 5.67. The summed E-state index contributed by atoms with van der Waals surface area (Å²) in [6.45, 7) is 3.60. The third-order valence-corrected chi connectivity index (χ3v) is 3.84. The molecule has 16 heavy (non-hydrogen) atoms. The lowest BCUT2D eigenvalue weighted by Gasteiger charge is -2.12. The van der Waals surface area contributed by atoms with Crippen LogP contribution in [0.4, 0.5) is 0 Å². The Hall–Kier alpha value is -0.220. The van der Waals surface area contributed by atoms with Gasteiger partial charge in [-0.15, -0.1) is 0 Å². The molecule has 0 radical (unpaired) electrons. The number of amides is 1. The van der Waals surface area contributed by atoms with Gasteiger partial charge in [0.25, 0.3) is 0 Å². The van der Waals surface area contributed by atoms with Gasteiger partial charge in [-0.2, -0.15) is 11.8 Å². The Morgan fingerprint density at radius 1 is 1.38 bits per heavy atom. The second kappa shape index (κ2) is 8.88. The maximum Gasteiger partial charge on any atom is 0.234 e. The van der Waals surface area contributed by atoms with Crippen molar-refractivity contribution in [1.82, 2.24) is 10.6 Å². The van der Waals surface area contributed by atoms with Gasteiger partial charge in [0, 0.05) is 6.04 Å². The summed E-state index contributed by atoms with van der Waals surface area (Å²) in [5.74, 6) is 2.53. The standard InChI is InChI=1S/C12H24N2OS/c1-2-16-9-5-8-13-10-12(15)14-11-6-3-4-7-11/h11,13H,2-10H2,1H3,(H,14,15). The zero-order valence-electron chi connectivity index (χ0n) is 10.3. The van der Waals surface area contributed by atoms with Crippen molar-refractivity contribution in [1.29, 1.82) is 0 Å². The number of carbonyl (C=O) groups is 1. The van der Waals surface area contributed by atoms with Crippen LogP contribution in [-0.4, -0.2) is 36.5 Å². The van der Waals surface area contributed by atoms with Crippen LogP contribution in [0.1, 0.15) is 39.0 Å². The number of rotatable bonds is 8. The van der Waals surface area contributed by atoms with Crippen LogP contribution in [0.5, 0.6) is 0 Å². The van der Waals surface area contributed by atoms with Crippen molar-refractivity contribution < 1.29 is 4.79 Å². The Kier molecular flexibility index (Phi) is 7.68. The van der Waals surface area contributed by atoms with E-state index in [0.717, 1.165) is 13.0 Å². The van der Waals surface area contributed by atoms with Crippen molar-refractivity contribution in [3.63, 3.8) is 0 Å². The summed E-state index contributed by atoms with van der Waals surface area (Å²) in [4.78, 5) is 11.5. The van der Waals surface area contributed by atoms with Gasteiger partial charge in [0.15, 0.2) is 0 Å². The molecular weight excluding hydrogens is 220 g/mol. The van der Waals surface area contributed by atoms with Gasteiger partial charge in [0.2, 0.25) is 5.91 Å². The van der Waals surface area contributed by atoms with E-state index in [-0.39, 0.29) is 5.91 Å². The summed E-state index contributed by atoms with van der Waals surface area (Å²) in [6.07, 6.45) is 6.02. The topological polar surface area (TPSA) is 41.1 Å². The average molecular weight is 244 g/mol. The van der Waals surface area contributed by atoms with Gasteiger partial charge in [-0.3, -0.25) is 4.79 Å². The van der Waals surface area contributed by atoms with Gasteiger partial charge < -0.3 is 10.6 Å². The molecule has 0 aromatic heterocycles. The number of carbonyl (C=O) groups excluding carboxylic acids is 1. The molecule has 0 spiro atoms. The second-order valence-electron chi connectivity index (χ2n) is 4.28. The van der Waals surface area contributed by atoms with E-state index in [1.165, 1.54) is 37.2 Å². The molecule has 1 amide bonds. The predicted molar refractivity (Wildman–Crippen MR) is 70.9 cm³/mol. The zero-order chi connectivity index (χ0) is 11.6. The lowest BCUT2D eigenvalue weighted by atomic mass is 10.2. The van der Waals surface area contributed by atoms with Crippen LogP contribution >= 0.6 is 11.8 Å². The molecule has 0 bridgehead atoms. The summed E-state index contributed by atoms with van der Waals surface area (Å²) in [6, 6.07) is 0.449. The van der Waals surface area contributed by atoms with Crippen molar-refractivity contribution in [2.75, 3.05) is 24.6 Å². The van der Waals surface area contributed by atoms with E-state index in [4.69, 9.17) is 0 Å². The molecular formula is C12H24N2OS. The Morgan fingerprint density at radius 2 is 2.12 bits per heavy atom. The number of thioether (sulfide) groups is 1. The molecule has 1 rings (SSSR count). The third-order valence-electron chi connectivity index (χ3n) is 2.85. The number of nitrogens with one attached hydrogen (secondary N) is 2. The van der Waals surface area contributed by atoms with Crippen molar-refractivity contribution in [3.8, 4) is 0 Å². The van der Waals surface area contributed by atoms with Crippen molar-refractivity contribution in [2.45, 2.75) is 45.1 Å². The van der Waals surface area contributed by atoms with E-state index in [9.17, 15) is 4.79 Å². The van der Waals surface area contributed by atoms with Crippen LogP contribution in [0.3, 0.4) is 0 Å². The molecule has 0 aliphatic heterocycles. The molecule has 0 aromatic carbocycles. The van der Waals surface area contributed by atoms with Crippen molar-refractivity contribution in [2.24, 2.45) is 0 Å². The first-order valence-corrected chi connectivity index (χ1v) is 7.56. The fraction of sp³-hybridized carbons (Fsp3) is 0.917. The summed E-state index contributed by atoms with van der Waals surface area (Å²) in [5, 5.41) is 6.27. The quantitative estimate of drug-likeness (QED) is 0.640. The fourth-order valence-electron chi connectivity index (χ4n) is 1.99. The summed E-state index contributed by atoms with van der Waals surface area (Å²) >= 11 is 1.95. The Balaban J connectivity index is 1.89. The van der Waals surface area contributed by atoms with Crippen LogP contribution in [0, 0.1) is 0 Å². The maximum atomic E-state index is 11.5. The molecule has 0 atom stereocenters. The molecule has 1 saturated carbocycles. The Labute approximate surface area is 103 Å². The van der Waals surface area contributed by atoms with Gasteiger partial charge in [0.05, 0.1) is 6.54 Å². The molecule has 0 heterocycles. The lowest BCUT2D eigenvalue weighted by Crippen LogP contribution is -2.39. The fourth-order valence-corrected chi connectivity index (χ4v) is 2.63. The van der Waals surface area contributed by atoms with Crippen molar-refractivity contribution in [3.05, 3.63) is 0 Å². The van der Waals surface area contributed by atoms with Crippen LogP contribution in [0.15, 0.2) is 0 Å². The molecule has 1 fully saturated rings. The van der Waals surface area contributed by atoms with Crippen LogP contribution in [0.25, 0.3) is 0 Å². The highest BCUT2D eigenvalue weighted by Gasteiger charge is 2.16. The molecule has 94 valence electrons. The largest absolute Gasteiger partial charge is 0.352 e. The first-order chi connectivity index (χ1) is 7.83. The first kappa shape index (κ1) is 13.8. The molecule has 1 aliphatic carbocycles. The minimum absolute atomic E-state index is 0.162. The van der Waals surface area contributed by atoms with E-state index >= 15 is 0 Å². The molecule has 2 N–H and O–H groups in total. The predicted octanol–water partition coefficient (Wildman–Crippen LogP) is 1.78. The summed E-state index contributed by atoms with van der Waals surface area (Å²) < 4.78 is 0. The van der Waals surface area contributed by atoms with Crippen LogP contribution in [-0.2, 0) is 4.79 Å². The van der Waals surface area contributed by atoms with E-state index in [0.29, 0.717) is 12.6 Å². The molecule has 0 saturated heterocycles. The highest BCUT2D eigenvalue weighted by atomic mass is 32.2. The molecule has 4 heteroatoms. The van der Waals surface area contributed by atoms with Crippen LogP contribution < -0.4 is 10.6 Å². The van der Waals surface area contributed by atoms with E-state index < -0.39 is 0 Å². The smallest absolute Gasteiger partial charge is 0.234 e. The van der Waals surface area contributed by atoms with Gasteiger partial charge >= 0.3 is 0 Å². The van der Waals surface area contributed by atoms with Crippen molar-refractivity contribution >= 4 is 17.7 Å². The normalized spacial score (nSPS) is 16.6. The van der Waals surface area contributed by atoms with Gasteiger partial charge in [-0.25, -0.2) is 0 Å². The van der Waals surface area contributed by atoms with E-state index in [1.54, 1.807) is 0 Å². The lowest BCUT2D eigenvalue weighted by molar-refractivity contribution is -0.120. The molecule has 0 unspecified atom stereocenters. The Bertz CT molecular complexity index is 193. The number of hydrogen-bond donors (Lipinski definition) is 2. The van der Waals surface area contributed by atoms with E-state index in [1.807, 2.05) is 11.8 Å². The van der Waals surface area contributed by atoms with E-state index in [2.05, 4.69) is 17.6 Å². The van der Waals surface area contributed by atoms with Gasteiger partial charge in [-0.1, -0.05) is 19.8 Å². The van der Waals surface area contributed by atoms with Gasteiger partial charge in [0.1, 0.15) is 0 Å². The Morgan fingerprint density at radius 3 is 2.81 bits per heavy atom. The summed E-state index contributed by atoms with van der Waals surface area (Å²) in [7, 11) is 0. The molecule has 3 nitrogen and oxygen atoms in total.